The number of hydrogen-bond donors (Lipinski definition) is 0. The molecule has 154 valence electrons. The highest BCUT2D eigenvalue weighted by Gasteiger charge is 2.74. The first-order valence-corrected chi connectivity index (χ1v) is 10.0. The van der Waals surface area contributed by atoms with Crippen LogP contribution in [0.5, 0.6) is 0 Å². The van der Waals surface area contributed by atoms with E-state index in [0.29, 0.717) is 17.6 Å². The molecule has 2 unspecified atom stereocenters. The molecule has 3 fully saturated rings. The van der Waals surface area contributed by atoms with Crippen LogP contribution >= 0.6 is 0 Å². The average molecular weight is 400 g/mol. The van der Waals surface area contributed by atoms with Gasteiger partial charge in [-0.25, -0.2) is 4.79 Å². The lowest BCUT2D eigenvalue weighted by Crippen LogP contribution is -2.63. The van der Waals surface area contributed by atoms with Crippen LogP contribution in [-0.4, -0.2) is 29.6 Å². The Bertz CT molecular complexity index is 944. The quantitative estimate of drug-likeness (QED) is 0.556. The average Bonchev–Trinajstić information content (AvgIpc) is 3.20. The first-order valence-electron chi connectivity index (χ1n) is 10.0. The molecule has 4 bridgehead atoms. The van der Waals surface area contributed by atoms with Gasteiger partial charge in [0.1, 0.15) is 17.8 Å². The van der Waals surface area contributed by atoms with Crippen molar-refractivity contribution in [2.24, 2.45) is 23.2 Å². The van der Waals surface area contributed by atoms with Crippen molar-refractivity contribution in [1.82, 2.24) is 0 Å². The van der Waals surface area contributed by atoms with Crippen LogP contribution in [0.25, 0.3) is 0 Å². The molecule has 0 aromatic carbocycles. The Labute approximate surface area is 168 Å². The van der Waals surface area contributed by atoms with E-state index in [4.69, 9.17) is 18.6 Å². The van der Waals surface area contributed by atoms with Gasteiger partial charge in [0.25, 0.3) is 0 Å². The van der Waals surface area contributed by atoms with Gasteiger partial charge in [0.2, 0.25) is 0 Å². The van der Waals surface area contributed by atoms with Gasteiger partial charge in [-0.15, -0.1) is 0 Å². The molecule has 0 N–H and O–H groups in total. The van der Waals surface area contributed by atoms with Crippen LogP contribution in [0.1, 0.15) is 52.2 Å². The highest BCUT2D eigenvalue weighted by molar-refractivity contribution is 5.91. The van der Waals surface area contributed by atoms with E-state index in [1.165, 1.54) is 13.2 Å². The van der Waals surface area contributed by atoms with Crippen molar-refractivity contribution in [3.05, 3.63) is 35.3 Å². The maximum absolute atomic E-state index is 12.9. The Morgan fingerprint density at radius 3 is 2.69 bits per heavy atom. The molecule has 29 heavy (non-hydrogen) atoms. The Morgan fingerprint density at radius 2 is 2.03 bits per heavy atom. The maximum Gasteiger partial charge on any atom is 0.334 e. The van der Waals surface area contributed by atoms with Crippen molar-refractivity contribution in [2.75, 3.05) is 0 Å². The van der Waals surface area contributed by atoms with Gasteiger partial charge in [-0.1, -0.05) is 0 Å². The molecule has 7 nitrogen and oxygen atoms in total. The predicted octanol–water partition coefficient (Wildman–Crippen LogP) is 3.10. The lowest BCUT2D eigenvalue weighted by molar-refractivity contribution is -0.192. The number of ether oxygens (including phenoxy) is 3. The van der Waals surface area contributed by atoms with Crippen LogP contribution < -0.4 is 0 Å². The van der Waals surface area contributed by atoms with Crippen LogP contribution in [0.15, 0.2) is 34.2 Å². The second-order valence-electron chi connectivity index (χ2n) is 9.12. The van der Waals surface area contributed by atoms with E-state index >= 15 is 0 Å². The zero-order chi connectivity index (χ0) is 20.7. The van der Waals surface area contributed by atoms with Crippen molar-refractivity contribution in [3.63, 3.8) is 0 Å². The molecular weight excluding hydrogens is 376 g/mol. The third-order valence-electron chi connectivity index (χ3n) is 7.62. The number of esters is 3. The number of fused-ring (bicyclic) bond motifs is 2. The summed E-state index contributed by atoms with van der Waals surface area (Å²) in [5.41, 5.74) is 0.543. The molecule has 5 rings (SSSR count). The molecule has 2 saturated carbocycles. The Balaban J connectivity index is 1.75. The standard InChI is InChI=1S/C22H24O7/c1-10-14-13-5-7-21(3)18(22(13,4)29-20(21)25)17(27-11(2)23)15(14)16(28-19(10)24)12-6-8-26-9-12/h6,8-9,13,15-18H,5,7H2,1-4H3/t13-,15+,16-,17-,18?,21+,22?/m1/s1. The van der Waals surface area contributed by atoms with E-state index in [-0.39, 0.29) is 23.7 Å². The van der Waals surface area contributed by atoms with Gasteiger partial charge in [-0.05, 0) is 45.3 Å². The Morgan fingerprint density at radius 1 is 1.28 bits per heavy atom. The van der Waals surface area contributed by atoms with Crippen LogP contribution in [0.4, 0.5) is 0 Å². The summed E-state index contributed by atoms with van der Waals surface area (Å²) in [7, 11) is 0. The van der Waals surface area contributed by atoms with E-state index in [1.54, 1.807) is 19.3 Å². The molecule has 7 atom stereocenters. The van der Waals surface area contributed by atoms with Gasteiger partial charge >= 0.3 is 17.9 Å². The molecule has 2 aliphatic carbocycles. The fourth-order valence-corrected chi connectivity index (χ4v) is 6.47. The van der Waals surface area contributed by atoms with Gasteiger partial charge in [0, 0.05) is 24.0 Å². The molecule has 7 heteroatoms. The number of rotatable bonds is 2. The SMILES string of the molecule is CC(=O)O[C@H]1C2C3(C)OC(=O)[C@@]2(C)CC[C@@H]3C2=C(C)C(=O)O[C@H](c3ccoc3)[C@H]21. The summed E-state index contributed by atoms with van der Waals surface area (Å²) in [5, 5.41) is 0. The molecule has 2 aliphatic heterocycles. The third kappa shape index (κ3) is 2.21. The van der Waals surface area contributed by atoms with Gasteiger partial charge in [0.05, 0.1) is 29.8 Å². The predicted molar refractivity (Wildman–Crippen MR) is 98.1 cm³/mol. The third-order valence-corrected chi connectivity index (χ3v) is 7.62. The molecular formula is C22H24O7. The maximum atomic E-state index is 12.9. The lowest BCUT2D eigenvalue weighted by Gasteiger charge is -2.57. The fourth-order valence-electron chi connectivity index (χ4n) is 6.47. The second kappa shape index (κ2) is 5.74. The van der Waals surface area contributed by atoms with Crippen LogP contribution in [0.2, 0.25) is 0 Å². The molecule has 1 aromatic rings. The van der Waals surface area contributed by atoms with E-state index in [0.717, 1.165) is 12.0 Å². The summed E-state index contributed by atoms with van der Waals surface area (Å²) in [5.74, 6) is -1.91. The van der Waals surface area contributed by atoms with Gasteiger partial charge in [0.15, 0.2) is 0 Å². The minimum atomic E-state index is -0.824. The highest BCUT2D eigenvalue weighted by Crippen LogP contribution is 2.67. The first kappa shape index (κ1) is 18.5. The zero-order valence-corrected chi connectivity index (χ0v) is 16.9. The summed E-state index contributed by atoms with van der Waals surface area (Å²) in [4.78, 5) is 37.8. The lowest BCUT2D eigenvalue weighted by atomic mass is 9.48. The normalized spacial score (nSPS) is 42.8. The van der Waals surface area contributed by atoms with E-state index in [9.17, 15) is 14.4 Å². The van der Waals surface area contributed by atoms with Crippen LogP contribution in [0, 0.1) is 23.2 Å². The Hall–Kier alpha value is -2.57. The van der Waals surface area contributed by atoms with Crippen molar-refractivity contribution >= 4 is 17.9 Å². The number of carbonyl (C=O) groups excluding carboxylic acids is 3. The highest BCUT2D eigenvalue weighted by atomic mass is 16.6. The molecule has 3 heterocycles. The summed E-state index contributed by atoms with van der Waals surface area (Å²) in [6.45, 7) is 6.93. The van der Waals surface area contributed by atoms with Crippen LogP contribution in [-0.2, 0) is 28.6 Å². The number of cyclic esters (lactones) is 1. The van der Waals surface area contributed by atoms with Crippen molar-refractivity contribution in [2.45, 2.75) is 58.3 Å². The van der Waals surface area contributed by atoms with E-state index < -0.39 is 35.2 Å². The molecule has 0 amide bonds. The van der Waals surface area contributed by atoms with Gasteiger partial charge < -0.3 is 18.6 Å². The number of carbonyl (C=O) groups is 3. The topological polar surface area (TPSA) is 92.0 Å². The monoisotopic (exact) mass is 400 g/mol. The van der Waals surface area contributed by atoms with Crippen molar-refractivity contribution in [3.8, 4) is 0 Å². The zero-order valence-electron chi connectivity index (χ0n) is 16.9. The largest absolute Gasteiger partial charge is 0.472 e. The summed E-state index contributed by atoms with van der Waals surface area (Å²) >= 11 is 0. The van der Waals surface area contributed by atoms with Gasteiger partial charge in [-0.3, -0.25) is 9.59 Å². The smallest absolute Gasteiger partial charge is 0.334 e. The van der Waals surface area contributed by atoms with E-state index in [2.05, 4.69) is 0 Å². The summed E-state index contributed by atoms with van der Waals surface area (Å²) < 4.78 is 22.9. The summed E-state index contributed by atoms with van der Waals surface area (Å²) in [6.07, 6.45) is 3.14. The number of hydrogen-bond acceptors (Lipinski definition) is 7. The van der Waals surface area contributed by atoms with Gasteiger partial charge in [-0.2, -0.15) is 0 Å². The molecule has 4 aliphatic rings. The Kier molecular flexibility index (Phi) is 3.65. The fraction of sp³-hybridized carbons (Fsp3) is 0.591. The van der Waals surface area contributed by atoms with Crippen molar-refractivity contribution in [1.29, 1.82) is 0 Å². The first-order chi connectivity index (χ1) is 13.7. The molecule has 0 radical (unpaired) electrons. The van der Waals surface area contributed by atoms with Crippen molar-refractivity contribution < 1.29 is 33.0 Å². The minimum absolute atomic E-state index is 0.119. The molecule has 1 aromatic heterocycles. The van der Waals surface area contributed by atoms with Crippen LogP contribution in [0.3, 0.4) is 0 Å². The van der Waals surface area contributed by atoms with E-state index in [1.807, 2.05) is 13.8 Å². The second-order valence-corrected chi connectivity index (χ2v) is 9.12. The summed E-state index contributed by atoms with van der Waals surface area (Å²) in [6, 6.07) is 1.76. The minimum Gasteiger partial charge on any atom is -0.472 e. The molecule has 0 spiro atoms. The molecule has 1 saturated heterocycles. The number of furan rings is 1.